The van der Waals surface area contributed by atoms with Crippen LogP contribution in [0.15, 0.2) is 53.0 Å². The van der Waals surface area contributed by atoms with Crippen molar-refractivity contribution in [2.45, 2.75) is 13.0 Å². The third kappa shape index (κ3) is 4.31. The van der Waals surface area contributed by atoms with Gasteiger partial charge in [0.05, 0.1) is 0 Å². The van der Waals surface area contributed by atoms with E-state index in [0.717, 1.165) is 15.7 Å². The average Bonchev–Trinajstić information content (AvgIpc) is 2.47. The van der Waals surface area contributed by atoms with E-state index in [2.05, 4.69) is 39.6 Å². The van der Waals surface area contributed by atoms with Gasteiger partial charge in [-0.25, -0.2) is 0 Å². The summed E-state index contributed by atoms with van der Waals surface area (Å²) < 4.78 is 1.05. The van der Waals surface area contributed by atoms with Gasteiger partial charge in [-0.2, -0.15) is 0 Å². The second-order valence-corrected chi connectivity index (χ2v) is 5.53. The molecule has 1 atom stereocenters. The van der Waals surface area contributed by atoms with E-state index in [1.54, 1.807) is 6.07 Å². The van der Waals surface area contributed by atoms with Crippen LogP contribution in [0.2, 0.25) is 0 Å². The van der Waals surface area contributed by atoms with E-state index < -0.39 is 12.5 Å². The van der Waals surface area contributed by atoms with Crippen LogP contribution in [-0.2, 0) is 4.79 Å². The second kappa shape index (κ2) is 7.24. The number of nitrogens with one attached hydrogen (secondary N) is 2. The summed E-state index contributed by atoms with van der Waals surface area (Å²) in [7, 11) is 0. The number of anilines is 2. The Labute approximate surface area is 132 Å². The number of carbonyl (C=O) groups excluding carboxylic acids is 1. The molecule has 0 fully saturated rings. The van der Waals surface area contributed by atoms with Crippen LogP contribution in [0.3, 0.4) is 0 Å². The summed E-state index contributed by atoms with van der Waals surface area (Å²) in [5.41, 5.74) is 2.70. The van der Waals surface area contributed by atoms with Crippen molar-refractivity contribution in [2.24, 2.45) is 0 Å². The van der Waals surface area contributed by atoms with Crippen molar-refractivity contribution in [2.75, 3.05) is 17.2 Å². The van der Waals surface area contributed by atoms with Gasteiger partial charge in [0.2, 0.25) is 5.91 Å². The summed E-state index contributed by atoms with van der Waals surface area (Å²) in [6.45, 7) is 1.55. The van der Waals surface area contributed by atoms with Crippen molar-refractivity contribution in [3.63, 3.8) is 0 Å². The van der Waals surface area contributed by atoms with Crippen LogP contribution in [0.25, 0.3) is 0 Å². The fraction of sp³-hybridized carbons (Fsp3) is 0.188. The highest BCUT2D eigenvalue weighted by atomic mass is 79.9. The van der Waals surface area contributed by atoms with Crippen molar-refractivity contribution in [3.8, 4) is 0 Å². The topological polar surface area (TPSA) is 61.4 Å². The van der Waals surface area contributed by atoms with Gasteiger partial charge in [0.15, 0.2) is 0 Å². The largest absolute Gasteiger partial charge is 0.387 e. The molecule has 110 valence electrons. The molecule has 5 heteroatoms. The Kier molecular flexibility index (Phi) is 5.36. The molecule has 0 heterocycles. The number of hydrogen-bond donors (Lipinski definition) is 3. The number of aliphatic hydroxyl groups is 1. The first-order valence-electron chi connectivity index (χ1n) is 6.62. The third-order valence-electron chi connectivity index (χ3n) is 3.04. The van der Waals surface area contributed by atoms with Crippen LogP contribution in [-0.4, -0.2) is 17.6 Å². The molecule has 0 saturated carbocycles. The Hall–Kier alpha value is -1.85. The number of aliphatic hydroxyl groups excluding tert-OH is 1. The minimum absolute atomic E-state index is 0.115. The summed E-state index contributed by atoms with van der Waals surface area (Å²) >= 11 is 3.54. The van der Waals surface area contributed by atoms with Crippen molar-refractivity contribution < 1.29 is 9.90 Å². The molecule has 0 bridgehead atoms. The zero-order valence-electron chi connectivity index (χ0n) is 11.6. The van der Waals surface area contributed by atoms with Crippen molar-refractivity contribution >= 4 is 33.2 Å². The predicted octanol–water partition coefficient (Wildman–Crippen LogP) is 3.55. The molecule has 0 saturated heterocycles. The molecule has 1 amide bonds. The van der Waals surface area contributed by atoms with Gasteiger partial charge < -0.3 is 15.7 Å². The Morgan fingerprint density at radius 3 is 2.62 bits per heavy atom. The molecule has 0 spiro atoms. The van der Waals surface area contributed by atoms with Crippen LogP contribution in [0, 0.1) is 0 Å². The summed E-state index contributed by atoms with van der Waals surface area (Å²) in [5.74, 6) is -0.425. The molecule has 2 aromatic carbocycles. The van der Waals surface area contributed by atoms with Gasteiger partial charge in [-0.05, 0) is 36.8 Å². The lowest BCUT2D eigenvalue weighted by Gasteiger charge is -2.17. The maximum Gasteiger partial charge on any atom is 0.250 e. The van der Waals surface area contributed by atoms with Gasteiger partial charge in [0, 0.05) is 21.9 Å². The Morgan fingerprint density at radius 1 is 1.19 bits per heavy atom. The molecular weight excluding hydrogens is 332 g/mol. The number of benzene rings is 2. The van der Waals surface area contributed by atoms with Crippen LogP contribution in [0.4, 0.5) is 11.4 Å². The summed E-state index contributed by atoms with van der Waals surface area (Å²) in [5, 5.41) is 14.8. The van der Waals surface area contributed by atoms with E-state index in [4.69, 9.17) is 5.11 Å². The van der Waals surface area contributed by atoms with E-state index in [9.17, 15) is 4.79 Å². The predicted molar refractivity (Wildman–Crippen MR) is 88.3 cm³/mol. The fourth-order valence-electron chi connectivity index (χ4n) is 2.04. The second-order valence-electron chi connectivity index (χ2n) is 4.67. The lowest BCUT2D eigenvalue weighted by molar-refractivity contribution is -0.118. The van der Waals surface area contributed by atoms with Gasteiger partial charge in [0.25, 0.3) is 0 Å². The van der Waals surface area contributed by atoms with Crippen LogP contribution in [0.5, 0.6) is 0 Å². The Balaban J connectivity index is 2.11. The Morgan fingerprint density at radius 2 is 1.90 bits per heavy atom. The number of hydrogen-bond acceptors (Lipinski definition) is 3. The molecule has 0 unspecified atom stereocenters. The van der Waals surface area contributed by atoms with Gasteiger partial charge in [-0.1, -0.05) is 40.2 Å². The van der Waals surface area contributed by atoms with E-state index in [1.807, 2.05) is 36.4 Å². The molecule has 3 N–H and O–H groups in total. The first kappa shape index (κ1) is 15.5. The SMILES string of the molecule is C[C@@H](Nc1cccc(NC(=O)CO)c1)c1ccccc1Br. The molecule has 0 aliphatic carbocycles. The third-order valence-corrected chi connectivity index (χ3v) is 3.77. The van der Waals surface area contributed by atoms with Gasteiger partial charge in [0.1, 0.15) is 6.61 Å². The first-order valence-corrected chi connectivity index (χ1v) is 7.41. The highest BCUT2D eigenvalue weighted by Gasteiger charge is 2.09. The monoisotopic (exact) mass is 348 g/mol. The Bertz CT molecular complexity index is 631. The highest BCUT2D eigenvalue weighted by molar-refractivity contribution is 9.10. The number of carbonyl (C=O) groups is 1. The van der Waals surface area contributed by atoms with E-state index in [1.165, 1.54) is 0 Å². The smallest absolute Gasteiger partial charge is 0.250 e. The maximum absolute atomic E-state index is 11.2. The molecule has 2 aromatic rings. The zero-order chi connectivity index (χ0) is 15.2. The number of rotatable bonds is 5. The first-order chi connectivity index (χ1) is 10.1. The summed E-state index contributed by atoms with van der Waals surface area (Å²) in [4.78, 5) is 11.2. The van der Waals surface area contributed by atoms with Crippen LogP contribution >= 0.6 is 15.9 Å². The molecule has 4 nitrogen and oxygen atoms in total. The van der Waals surface area contributed by atoms with Crippen molar-refractivity contribution in [1.82, 2.24) is 0 Å². The van der Waals surface area contributed by atoms with Gasteiger partial charge in [-0.15, -0.1) is 0 Å². The number of amides is 1. The van der Waals surface area contributed by atoms with E-state index in [-0.39, 0.29) is 6.04 Å². The highest BCUT2D eigenvalue weighted by Crippen LogP contribution is 2.26. The molecule has 2 rings (SSSR count). The van der Waals surface area contributed by atoms with Crippen molar-refractivity contribution in [1.29, 1.82) is 0 Å². The minimum atomic E-state index is -0.523. The molecule has 0 aliphatic rings. The summed E-state index contributed by atoms with van der Waals surface area (Å²) in [6.07, 6.45) is 0. The number of halogens is 1. The fourth-order valence-corrected chi connectivity index (χ4v) is 2.67. The van der Waals surface area contributed by atoms with Gasteiger partial charge in [-0.3, -0.25) is 4.79 Å². The normalized spacial score (nSPS) is 11.8. The summed E-state index contributed by atoms with van der Waals surface area (Å²) in [6, 6.07) is 15.5. The quantitative estimate of drug-likeness (QED) is 0.774. The lowest BCUT2D eigenvalue weighted by Crippen LogP contribution is -2.15. The molecule has 21 heavy (non-hydrogen) atoms. The minimum Gasteiger partial charge on any atom is -0.387 e. The maximum atomic E-state index is 11.2. The lowest BCUT2D eigenvalue weighted by atomic mass is 10.1. The van der Waals surface area contributed by atoms with Gasteiger partial charge >= 0.3 is 0 Å². The average molecular weight is 349 g/mol. The zero-order valence-corrected chi connectivity index (χ0v) is 13.2. The van der Waals surface area contributed by atoms with E-state index in [0.29, 0.717) is 5.69 Å². The molecule has 0 aliphatic heterocycles. The molecular formula is C16H17BrN2O2. The van der Waals surface area contributed by atoms with E-state index >= 15 is 0 Å². The van der Waals surface area contributed by atoms with Crippen LogP contribution < -0.4 is 10.6 Å². The van der Waals surface area contributed by atoms with Crippen LogP contribution in [0.1, 0.15) is 18.5 Å². The standard InChI is InChI=1S/C16H17BrN2O2/c1-11(14-7-2-3-8-15(14)17)18-12-5-4-6-13(9-12)19-16(21)10-20/h2-9,11,18,20H,10H2,1H3,(H,19,21)/t11-/m1/s1. The molecule has 0 aromatic heterocycles. The molecule has 0 radical (unpaired) electrons. The van der Waals surface area contributed by atoms with Crippen molar-refractivity contribution in [3.05, 3.63) is 58.6 Å².